The zero-order valence-electron chi connectivity index (χ0n) is 9.15. The highest BCUT2D eigenvalue weighted by Gasteiger charge is 2.33. The van der Waals surface area contributed by atoms with Crippen LogP contribution in [-0.2, 0) is 13.0 Å². The summed E-state index contributed by atoms with van der Waals surface area (Å²) >= 11 is 1.84. The van der Waals surface area contributed by atoms with E-state index in [0.717, 1.165) is 36.7 Å². The summed E-state index contributed by atoms with van der Waals surface area (Å²) in [7, 11) is 0. The largest absolute Gasteiger partial charge is 0.389 e. The molecule has 1 aromatic heterocycles. The summed E-state index contributed by atoms with van der Waals surface area (Å²) in [6, 6.07) is 0. The zero-order chi connectivity index (χ0) is 10.7. The van der Waals surface area contributed by atoms with Crippen LogP contribution in [0.5, 0.6) is 0 Å². The Balaban J connectivity index is 2.06. The van der Waals surface area contributed by atoms with Gasteiger partial charge in [0.1, 0.15) is 5.82 Å². The Morgan fingerprint density at radius 2 is 2.53 bits per heavy atom. The molecule has 0 aliphatic carbocycles. The molecule has 0 bridgehead atoms. The molecule has 0 saturated carbocycles. The van der Waals surface area contributed by atoms with E-state index in [1.807, 2.05) is 24.2 Å². The SMILES string of the molecule is CCCn1ccnc1CC1(O)CCSC1. The van der Waals surface area contributed by atoms with Crippen molar-refractivity contribution >= 4 is 11.8 Å². The third kappa shape index (κ3) is 2.55. The molecular weight excluding hydrogens is 208 g/mol. The molecule has 1 fully saturated rings. The molecule has 1 N–H and O–H groups in total. The number of hydrogen-bond donors (Lipinski definition) is 1. The van der Waals surface area contributed by atoms with Crippen molar-refractivity contribution in [3.63, 3.8) is 0 Å². The highest BCUT2D eigenvalue weighted by molar-refractivity contribution is 7.99. The maximum Gasteiger partial charge on any atom is 0.111 e. The molecule has 1 unspecified atom stereocenters. The Labute approximate surface area is 94.9 Å². The number of rotatable bonds is 4. The second kappa shape index (κ2) is 4.58. The van der Waals surface area contributed by atoms with Crippen molar-refractivity contribution in [2.24, 2.45) is 0 Å². The minimum Gasteiger partial charge on any atom is -0.389 e. The summed E-state index contributed by atoms with van der Waals surface area (Å²) < 4.78 is 2.15. The Kier molecular flexibility index (Phi) is 3.36. The van der Waals surface area contributed by atoms with E-state index in [1.165, 1.54) is 0 Å². The number of aliphatic hydroxyl groups is 1. The van der Waals surface area contributed by atoms with Crippen LogP contribution >= 0.6 is 11.8 Å². The van der Waals surface area contributed by atoms with Gasteiger partial charge in [0, 0.05) is 31.1 Å². The molecule has 0 aromatic carbocycles. The Morgan fingerprint density at radius 1 is 1.67 bits per heavy atom. The van der Waals surface area contributed by atoms with Crippen LogP contribution in [0.1, 0.15) is 25.6 Å². The van der Waals surface area contributed by atoms with Crippen LogP contribution in [0.25, 0.3) is 0 Å². The van der Waals surface area contributed by atoms with Gasteiger partial charge in [-0.1, -0.05) is 6.92 Å². The minimum atomic E-state index is -0.512. The van der Waals surface area contributed by atoms with Crippen LogP contribution in [0.2, 0.25) is 0 Å². The van der Waals surface area contributed by atoms with Gasteiger partial charge in [-0.2, -0.15) is 11.8 Å². The summed E-state index contributed by atoms with van der Waals surface area (Å²) in [4.78, 5) is 4.34. The molecule has 1 atom stereocenters. The van der Waals surface area contributed by atoms with E-state index < -0.39 is 5.60 Å². The quantitative estimate of drug-likeness (QED) is 0.849. The lowest BCUT2D eigenvalue weighted by molar-refractivity contribution is 0.0656. The van der Waals surface area contributed by atoms with Crippen LogP contribution < -0.4 is 0 Å². The van der Waals surface area contributed by atoms with Gasteiger partial charge < -0.3 is 9.67 Å². The molecule has 1 saturated heterocycles. The number of thioether (sulfide) groups is 1. The summed E-state index contributed by atoms with van der Waals surface area (Å²) in [6.07, 6.45) is 6.54. The Morgan fingerprint density at radius 3 is 3.20 bits per heavy atom. The van der Waals surface area contributed by atoms with Crippen LogP contribution in [0.3, 0.4) is 0 Å². The van der Waals surface area contributed by atoms with Crippen molar-refractivity contribution in [1.82, 2.24) is 9.55 Å². The summed E-state index contributed by atoms with van der Waals surface area (Å²) in [5.74, 6) is 2.96. The second-order valence-electron chi connectivity index (χ2n) is 4.24. The standard InChI is InChI=1S/C11H18N2OS/c1-2-5-13-6-4-12-10(13)8-11(14)3-7-15-9-11/h4,6,14H,2-3,5,7-9H2,1H3. The fourth-order valence-corrected chi connectivity index (χ4v) is 3.28. The van der Waals surface area contributed by atoms with Gasteiger partial charge in [-0.25, -0.2) is 4.98 Å². The summed E-state index contributed by atoms with van der Waals surface area (Å²) in [5, 5.41) is 10.3. The number of aromatic nitrogens is 2. The maximum atomic E-state index is 10.3. The van der Waals surface area contributed by atoms with Crippen molar-refractivity contribution < 1.29 is 5.11 Å². The number of hydrogen-bond acceptors (Lipinski definition) is 3. The lowest BCUT2D eigenvalue weighted by Crippen LogP contribution is -2.32. The molecule has 0 radical (unpaired) electrons. The van der Waals surface area contributed by atoms with Gasteiger partial charge in [-0.3, -0.25) is 0 Å². The van der Waals surface area contributed by atoms with Crippen molar-refractivity contribution in [3.8, 4) is 0 Å². The first-order valence-corrected chi connectivity index (χ1v) is 6.69. The maximum absolute atomic E-state index is 10.3. The average molecular weight is 226 g/mol. The predicted molar refractivity (Wildman–Crippen MR) is 63.1 cm³/mol. The molecule has 1 aliphatic heterocycles. The molecule has 0 amide bonds. The Hall–Kier alpha value is -0.480. The van der Waals surface area contributed by atoms with E-state index >= 15 is 0 Å². The number of imidazole rings is 1. The topological polar surface area (TPSA) is 38.0 Å². The van der Waals surface area contributed by atoms with Crippen LogP contribution in [0, 0.1) is 0 Å². The molecular formula is C11H18N2OS. The third-order valence-electron chi connectivity index (χ3n) is 2.84. The second-order valence-corrected chi connectivity index (χ2v) is 5.35. The Bertz CT molecular complexity index is 318. The number of nitrogens with zero attached hydrogens (tertiary/aromatic N) is 2. The van der Waals surface area contributed by atoms with E-state index in [4.69, 9.17) is 0 Å². The predicted octanol–water partition coefficient (Wildman–Crippen LogP) is 1.70. The van der Waals surface area contributed by atoms with Crippen LogP contribution in [0.15, 0.2) is 12.4 Å². The highest BCUT2D eigenvalue weighted by Crippen LogP contribution is 2.30. The van der Waals surface area contributed by atoms with Crippen molar-refractivity contribution in [2.45, 2.75) is 38.3 Å². The van der Waals surface area contributed by atoms with Crippen LogP contribution in [-0.4, -0.2) is 31.8 Å². The van der Waals surface area contributed by atoms with Crippen LogP contribution in [0.4, 0.5) is 0 Å². The molecule has 2 heterocycles. The fourth-order valence-electron chi connectivity index (χ4n) is 1.98. The van der Waals surface area contributed by atoms with Gasteiger partial charge in [0.25, 0.3) is 0 Å². The minimum absolute atomic E-state index is 0.512. The van der Waals surface area contributed by atoms with E-state index in [2.05, 4.69) is 16.5 Å². The first kappa shape index (κ1) is 11.0. The van der Waals surface area contributed by atoms with Crippen molar-refractivity contribution in [1.29, 1.82) is 0 Å². The van der Waals surface area contributed by atoms with E-state index in [-0.39, 0.29) is 0 Å². The molecule has 15 heavy (non-hydrogen) atoms. The van der Waals surface area contributed by atoms with Gasteiger partial charge in [-0.05, 0) is 18.6 Å². The van der Waals surface area contributed by atoms with E-state index in [0.29, 0.717) is 6.42 Å². The lowest BCUT2D eigenvalue weighted by atomic mass is 9.99. The number of aryl methyl sites for hydroxylation is 1. The average Bonchev–Trinajstić information content (AvgIpc) is 2.78. The zero-order valence-corrected chi connectivity index (χ0v) is 9.96. The first-order chi connectivity index (χ1) is 7.23. The first-order valence-electron chi connectivity index (χ1n) is 5.54. The summed E-state index contributed by atoms with van der Waals surface area (Å²) in [5.41, 5.74) is -0.512. The van der Waals surface area contributed by atoms with Gasteiger partial charge >= 0.3 is 0 Å². The molecule has 84 valence electrons. The fraction of sp³-hybridized carbons (Fsp3) is 0.727. The lowest BCUT2D eigenvalue weighted by Gasteiger charge is -2.21. The third-order valence-corrected chi connectivity index (χ3v) is 4.07. The van der Waals surface area contributed by atoms with Gasteiger partial charge in [-0.15, -0.1) is 0 Å². The molecule has 2 rings (SSSR count). The van der Waals surface area contributed by atoms with Gasteiger partial charge in [0.15, 0.2) is 0 Å². The normalized spacial score (nSPS) is 26.0. The molecule has 0 spiro atoms. The van der Waals surface area contributed by atoms with E-state index in [9.17, 15) is 5.11 Å². The van der Waals surface area contributed by atoms with Gasteiger partial charge in [0.2, 0.25) is 0 Å². The smallest absolute Gasteiger partial charge is 0.111 e. The van der Waals surface area contributed by atoms with E-state index in [1.54, 1.807) is 0 Å². The van der Waals surface area contributed by atoms with Crippen molar-refractivity contribution in [2.75, 3.05) is 11.5 Å². The molecule has 4 heteroatoms. The summed E-state index contributed by atoms with van der Waals surface area (Å²) in [6.45, 7) is 3.16. The molecule has 3 nitrogen and oxygen atoms in total. The van der Waals surface area contributed by atoms with Crippen molar-refractivity contribution in [3.05, 3.63) is 18.2 Å². The van der Waals surface area contributed by atoms with Gasteiger partial charge in [0.05, 0.1) is 5.60 Å². The molecule has 1 aliphatic rings. The monoisotopic (exact) mass is 226 g/mol. The molecule has 1 aromatic rings. The highest BCUT2D eigenvalue weighted by atomic mass is 32.2.